The summed E-state index contributed by atoms with van der Waals surface area (Å²) in [5, 5.41) is 12.7. The molecule has 2 rings (SSSR count). The van der Waals surface area contributed by atoms with E-state index in [2.05, 4.69) is 5.32 Å². The topological polar surface area (TPSA) is 69.6 Å². The third kappa shape index (κ3) is 4.09. The number of aliphatic carboxylic acids is 1. The van der Waals surface area contributed by atoms with Gasteiger partial charge in [0.1, 0.15) is 0 Å². The first-order valence-electron chi connectivity index (χ1n) is 6.57. The quantitative estimate of drug-likeness (QED) is 0.890. The van der Waals surface area contributed by atoms with Crippen LogP contribution in [0.25, 0.3) is 0 Å². The number of nitrogens with zero attached hydrogens (tertiary/aromatic N) is 1. The number of rotatable bonds is 4. The average molecular weight is 331 g/mol. The third-order valence-corrected chi connectivity index (χ3v) is 4.14. The number of hydrogen-bond donors (Lipinski definition) is 2. The Balaban J connectivity index is 1.94. The molecular formula is C14H16Cl2N2O3. The zero-order valence-electron chi connectivity index (χ0n) is 11.5. The van der Waals surface area contributed by atoms with Crippen LogP contribution in [0.4, 0.5) is 5.69 Å². The summed E-state index contributed by atoms with van der Waals surface area (Å²) in [6.07, 6.45) is 0. The standard InChI is InChI=1S/C14H16Cl2N2O3/c1-8-5-18(6-10(8)14(20)21)7-13(19)17-12-4-9(15)2-3-11(12)16/h2-4,8,10H,5-7H2,1H3,(H,17,19)(H,20,21)/t8-,10-/m1/s1. The number of carboxylic acids is 1. The van der Waals surface area contributed by atoms with Crippen molar-refractivity contribution in [3.63, 3.8) is 0 Å². The highest BCUT2D eigenvalue weighted by molar-refractivity contribution is 6.35. The maximum Gasteiger partial charge on any atom is 0.308 e. The first-order valence-corrected chi connectivity index (χ1v) is 7.32. The second-order valence-electron chi connectivity index (χ2n) is 5.29. The van der Waals surface area contributed by atoms with E-state index in [1.165, 1.54) is 0 Å². The molecular weight excluding hydrogens is 315 g/mol. The molecule has 1 heterocycles. The number of carbonyl (C=O) groups excluding carboxylic acids is 1. The fourth-order valence-electron chi connectivity index (χ4n) is 2.50. The van der Waals surface area contributed by atoms with E-state index in [1.807, 2.05) is 11.8 Å². The molecule has 0 unspecified atom stereocenters. The smallest absolute Gasteiger partial charge is 0.308 e. The molecule has 1 aliphatic heterocycles. The van der Waals surface area contributed by atoms with Crippen molar-refractivity contribution in [3.8, 4) is 0 Å². The number of anilines is 1. The molecule has 1 fully saturated rings. The fraction of sp³-hybridized carbons (Fsp3) is 0.429. The third-order valence-electron chi connectivity index (χ3n) is 3.57. The van der Waals surface area contributed by atoms with Crippen molar-refractivity contribution in [2.75, 3.05) is 25.0 Å². The average Bonchev–Trinajstić information content (AvgIpc) is 2.74. The molecule has 0 saturated carbocycles. The number of carboxylic acid groups (broad SMARTS) is 1. The van der Waals surface area contributed by atoms with Gasteiger partial charge in [-0.1, -0.05) is 30.1 Å². The second-order valence-corrected chi connectivity index (χ2v) is 6.13. The van der Waals surface area contributed by atoms with E-state index in [-0.39, 0.29) is 18.4 Å². The molecule has 0 spiro atoms. The van der Waals surface area contributed by atoms with E-state index in [0.717, 1.165) is 0 Å². The van der Waals surface area contributed by atoms with Gasteiger partial charge < -0.3 is 10.4 Å². The molecule has 0 aromatic heterocycles. The zero-order valence-corrected chi connectivity index (χ0v) is 13.0. The second kappa shape index (κ2) is 6.64. The molecule has 0 bridgehead atoms. The highest BCUT2D eigenvalue weighted by Gasteiger charge is 2.35. The van der Waals surface area contributed by atoms with Gasteiger partial charge in [-0.2, -0.15) is 0 Å². The molecule has 1 saturated heterocycles. The Morgan fingerprint density at radius 3 is 2.71 bits per heavy atom. The van der Waals surface area contributed by atoms with Gasteiger partial charge in [0.15, 0.2) is 0 Å². The maximum atomic E-state index is 12.0. The molecule has 1 aliphatic rings. The molecule has 0 aliphatic carbocycles. The molecule has 2 atom stereocenters. The minimum absolute atomic E-state index is 0.0325. The highest BCUT2D eigenvalue weighted by atomic mass is 35.5. The monoisotopic (exact) mass is 330 g/mol. The van der Waals surface area contributed by atoms with Gasteiger partial charge in [-0.3, -0.25) is 14.5 Å². The Bertz CT molecular complexity index is 565. The van der Waals surface area contributed by atoms with Crippen LogP contribution in [0.2, 0.25) is 10.0 Å². The number of benzene rings is 1. The SMILES string of the molecule is C[C@@H]1CN(CC(=O)Nc2cc(Cl)ccc2Cl)C[C@H]1C(=O)O. The summed E-state index contributed by atoms with van der Waals surface area (Å²) in [5.41, 5.74) is 0.455. The fourth-order valence-corrected chi connectivity index (χ4v) is 2.84. The lowest BCUT2D eigenvalue weighted by atomic mass is 9.99. The van der Waals surface area contributed by atoms with Gasteiger partial charge in [0, 0.05) is 18.1 Å². The van der Waals surface area contributed by atoms with Crippen LogP contribution in [0, 0.1) is 11.8 Å². The minimum Gasteiger partial charge on any atom is -0.481 e. The summed E-state index contributed by atoms with van der Waals surface area (Å²) in [6.45, 7) is 2.99. The van der Waals surface area contributed by atoms with Crippen molar-refractivity contribution in [1.82, 2.24) is 4.90 Å². The largest absolute Gasteiger partial charge is 0.481 e. The predicted molar refractivity (Wildman–Crippen MR) is 81.8 cm³/mol. The van der Waals surface area contributed by atoms with Crippen molar-refractivity contribution in [1.29, 1.82) is 0 Å². The first-order chi connectivity index (χ1) is 9.86. The zero-order chi connectivity index (χ0) is 15.6. The Labute approximate surface area is 132 Å². The number of nitrogens with one attached hydrogen (secondary N) is 1. The van der Waals surface area contributed by atoms with Crippen LogP contribution < -0.4 is 5.32 Å². The van der Waals surface area contributed by atoms with Crippen molar-refractivity contribution < 1.29 is 14.7 Å². The van der Waals surface area contributed by atoms with E-state index in [0.29, 0.717) is 28.8 Å². The van der Waals surface area contributed by atoms with E-state index >= 15 is 0 Å². The van der Waals surface area contributed by atoms with Crippen molar-refractivity contribution >= 4 is 40.8 Å². The van der Waals surface area contributed by atoms with Crippen LogP contribution in [0.15, 0.2) is 18.2 Å². The normalized spacial score (nSPS) is 22.2. The van der Waals surface area contributed by atoms with Crippen LogP contribution in [0.1, 0.15) is 6.92 Å². The van der Waals surface area contributed by atoms with Gasteiger partial charge in [-0.25, -0.2) is 0 Å². The van der Waals surface area contributed by atoms with E-state index < -0.39 is 11.9 Å². The molecule has 2 N–H and O–H groups in total. The lowest BCUT2D eigenvalue weighted by Crippen LogP contribution is -2.32. The molecule has 7 heteroatoms. The maximum absolute atomic E-state index is 12.0. The first kappa shape index (κ1) is 16.1. The van der Waals surface area contributed by atoms with Crippen LogP contribution in [-0.2, 0) is 9.59 Å². The minimum atomic E-state index is -0.816. The Morgan fingerprint density at radius 2 is 2.10 bits per heavy atom. The lowest BCUT2D eigenvalue weighted by molar-refractivity contribution is -0.142. The molecule has 114 valence electrons. The van der Waals surface area contributed by atoms with E-state index in [1.54, 1.807) is 18.2 Å². The van der Waals surface area contributed by atoms with Crippen LogP contribution >= 0.6 is 23.2 Å². The van der Waals surface area contributed by atoms with E-state index in [9.17, 15) is 9.59 Å². The molecule has 1 aromatic carbocycles. The van der Waals surface area contributed by atoms with Gasteiger partial charge in [0.2, 0.25) is 5.91 Å². The summed E-state index contributed by atoms with van der Waals surface area (Å²) in [5.74, 6) is -1.45. The van der Waals surface area contributed by atoms with Crippen LogP contribution in [0.3, 0.4) is 0 Å². The lowest BCUT2D eigenvalue weighted by Gasteiger charge is -2.15. The predicted octanol–water partition coefficient (Wildman–Crippen LogP) is 2.58. The molecule has 1 amide bonds. The number of hydrogen-bond acceptors (Lipinski definition) is 3. The Kier molecular flexibility index (Phi) is 5.08. The van der Waals surface area contributed by atoms with Crippen LogP contribution in [0.5, 0.6) is 0 Å². The van der Waals surface area contributed by atoms with Gasteiger partial charge in [0.25, 0.3) is 0 Å². The highest BCUT2D eigenvalue weighted by Crippen LogP contribution is 2.26. The van der Waals surface area contributed by atoms with Gasteiger partial charge in [-0.15, -0.1) is 0 Å². The summed E-state index contributed by atoms with van der Waals surface area (Å²) < 4.78 is 0. The Morgan fingerprint density at radius 1 is 1.38 bits per heavy atom. The Hall–Kier alpha value is -1.30. The van der Waals surface area contributed by atoms with Crippen molar-refractivity contribution in [2.24, 2.45) is 11.8 Å². The number of likely N-dealkylation sites (tertiary alicyclic amines) is 1. The summed E-state index contributed by atoms with van der Waals surface area (Å²) >= 11 is 11.8. The molecule has 5 nitrogen and oxygen atoms in total. The van der Waals surface area contributed by atoms with Gasteiger partial charge in [0.05, 0.1) is 23.2 Å². The van der Waals surface area contributed by atoms with Gasteiger partial charge >= 0.3 is 5.97 Å². The molecule has 1 aromatic rings. The van der Waals surface area contributed by atoms with Crippen LogP contribution in [-0.4, -0.2) is 41.5 Å². The van der Waals surface area contributed by atoms with Gasteiger partial charge in [-0.05, 0) is 24.1 Å². The van der Waals surface area contributed by atoms with E-state index in [4.69, 9.17) is 28.3 Å². The molecule has 21 heavy (non-hydrogen) atoms. The van der Waals surface area contributed by atoms with Crippen molar-refractivity contribution in [3.05, 3.63) is 28.2 Å². The number of amides is 1. The number of halogens is 2. The summed E-state index contributed by atoms with van der Waals surface area (Å²) in [6, 6.07) is 4.82. The van der Waals surface area contributed by atoms with Crippen molar-refractivity contribution in [2.45, 2.75) is 6.92 Å². The molecule has 0 radical (unpaired) electrons. The summed E-state index contributed by atoms with van der Waals surface area (Å²) in [4.78, 5) is 24.9. The summed E-state index contributed by atoms with van der Waals surface area (Å²) in [7, 11) is 0. The number of carbonyl (C=O) groups is 2.